The van der Waals surface area contributed by atoms with Gasteiger partial charge < -0.3 is 5.32 Å². The summed E-state index contributed by atoms with van der Waals surface area (Å²) in [6.45, 7) is 5.58. The number of carbonyl (C=O) groups excluding carboxylic acids is 1. The van der Waals surface area contributed by atoms with Gasteiger partial charge in [0.15, 0.2) is 0 Å². The number of thiazole rings is 1. The van der Waals surface area contributed by atoms with Crippen molar-refractivity contribution in [2.45, 2.75) is 63.4 Å². The van der Waals surface area contributed by atoms with Crippen molar-refractivity contribution in [1.29, 1.82) is 0 Å². The highest BCUT2D eigenvalue weighted by molar-refractivity contribution is 7.89. The molecule has 1 amide bonds. The van der Waals surface area contributed by atoms with Crippen LogP contribution in [0.15, 0.2) is 23.1 Å². The first-order valence-corrected chi connectivity index (χ1v) is 11.3. The van der Waals surface area contributed by atoms with E-state index >= 15 is 0 Å². The normalized spacial score (nSPS) is 17.1. The Morgan fingerprint density at radius 3 is 2.62 bits per heavy atom. The van der Waals surface area contributed by atoms with Crippen LogP contribution in [-0.4, -0.2) is 31.4 Å². The van der Waals surface area contributed by atoms with Gasteiger partial charge in [-0.25, -0.2) is 13.4 Å². The summed E-state index contributed by atoms with van der Waals surface area (Å²) in [5, 5.41) is 3.88. The Bertz CT molecular complexity index is 900. The highest BCUT2D eigenvalue weighted by Crippen LogP contribution is 2.25. The van der Waals surface area contributed by atoms with Gasteiger partial charge >= 0.3 is 0 Å². The van der Waals surface area contributed by atoms with Crippen molar-refractivity contribution >= 4 is 37.5 Å². The molecule has 2 aromatic rings. The highest BCUT2D eigenvalue weighted by atomic mass is 32.2. The summed E-state index contributed by atoms with van der Waals surface area (Å²) in [7, 11) is -3.80. The van der Waals surface area contributed by atoms with Crippen LogP contribution in [0.3, 0.4) is 0 Å². The maximum atomic E-state index is 12.8. The summed E-state index contributed by atoms with van der Waals surface area (Å²) >= 11 is 1.45. The summed E-state index contributed by atoms with van der Waals surface area (Å²) in [6, 6.07) is 4.23. The summed E-state index contributed by atoms with van der Waals surface area (Å²) in [5.74, 6) is -0.397. The van der Waals surface area contributed by atoms with Gasteiger partial charge in [-0.15, -0.1) is 11.3 Å². The van der Waals surface area contributed by atoms with E-state index in [1.807, 2.05) is 20.8 Å². The van der Waals surface area contributed by atoms with Gasteiger partial charge in [0.05, 0.1) is 20.1 Å². The van der Waals surface area contributed by atoms with E-state index in [1.54, 1.807) is 12.1 Å². The first-order valence-electron chi connectivity index (χ1n) is 8.96. The topological polar surface area (TPSA) is 88.2 Å². The number of rotatable bonds is 6. The van der Waals surface area contributed by atoms with E-state index in [9.17, 15) is 13.2 Å². The van der Waals surface area contributed by atoms with Gasteiger partial charge in [0.2, 0.25) is 15.9 Å². The van der Waals surface area contributed by atoms with Crippen molar-refractivity contribution in [3.8, 4) is 0 Å². The number of carbonyl (C=O) groups is 1. The number of aryl methyl sites for hydroxylation is 1. The zero-order valence-corrected chi connectivity index (χ0v) is 16.9. The van der Waals surface area contributed by atoms with Crippen LogP contribution >= 0.6 is 11.3 Å². The minimum Gasteiger partial charge on any atom is -0.352 e. The molecule has 1 saturated carbocycles. The zero-order valence-electron chi connectivity index (χ0n) is 15.3. The van der Waals surface area contributed by atoms with Gasteiger partial charge in [0.1, 0.15) is 6.04 Å². The van der Waals surface area contributed by atoms with E-state index in [0.29, 0.717) is 0 Å². The fraction of sp³-hybridized carbons (Fsp3) is 0.556. The Balaban J connectivity index is 1.80. The minimum absolute atomic E-state index is 0.152. The van der Waals surface area contributed by atoms with Crippen LogP contribution in [0.4, 0.5) is 0 Å². The lowest BCUT2D eigenvalue weighted by molar-refractivity contribution is -0.124. The van der Waals surface area contributed by atoms with Crippen molar-refractivity contribution < 1.29 is 13.2 Å². The van der Waals surface area contributed by atoms with Gasteiger partial charge in [0.25, 0.3) is 0 Å². The smallest absolute Gasteiger partial charge is 0.241 e. The van der Waals surface area contributed by atoms with Crippen molar-refractivity contribution in [1.82, 2.24) is 15.0 Å². The van der Waals surface area contributed by atoms with Gasteiger partial charge in [-0.05, 0) is 43.9 Å². The van der Waals surface area contributed by atoms with Crippen LogP contribution in [0, 0.1) is 12.8 Å². The number of aromatic nitrogens is 1. The van der Waals surface area contributed by atoms with E-state index in [0.717, 1.165) is 40.9 Å². The summed E-state index contributed by atoms with van der Waals surface area (Å²) in [6.07, 6.45) is 4.14. The Kier molecular flexibility index (Phi) is 5.64. The molecular weight excluding hydrogens is 370 g/mol. The number of nitrogens with zero attached hydrogens (tertiary/aromatic N) is 1. The average molecular weight is 396 g/mol. The predicted molar refractivity (Wildman–Crippen MR) is 104 cm³/mol. The molecule has 26 heavy (non-hydrogen) atoms. The summed E-state index contributed by atoms with van der Waals surface area (Å²) < 4.78 is 29.1. The maximum absolute atomic E-state index is 12.8. The second-order valence-electron chi connectivity index (χ2n) is 7.20. The molecule has 2 N–H and O–H groups in total. The molecule has 1 aromatic carbocycles. The Labute approximate surface area is 158 Å². The fourth-order valence-corrected chi connectivity index (χ4v) is 5.59. The molecule has 0 radical (unpaired) electrons. The molecular formula is C18H25N3O3S2. The summed E-state index contributed by atoms with van der Waals surface area (Å²) in [5.41, 5.74) is 0.783. The predicted octanol–water partition coefficient (Wildman–Crippen LogP) is 2.97. The van der Waals surface area contributed by atoms with E-state index in [2.05, 4.69) is 15.0 Å². The van der Waals surface area contributed by atoms with Gasteiger partial charge in [-0.3, -0.25) is 4.79 Å². The molecule has 0 unspecified atom stereocenters. The SMILES string of the molecule is Cc1nc2ccc(S(=O)(=O)N[C@@H](C(=O)NC3CCCC3)C(C)C)cc2s1. The molecule has 0 saturated heterocycles. The number of sulfonamides is 1. The quantitative estimate of drug-likeness (QED) is 0.787. The van der Waals surface area contributed by atoms with Crippen molar-refractivity contribution in [3.05, 3.63) is 23.2 Å². The molecule has 3 rings (SSSR count). The van der Waals surface area contributed by atoms with Crippen LogP contribution in [-0.2, 0) is 14.8 Å². The van der Waals surface area contributed by atoms with E-state index in [-0.39, 0.29) is 22.8 Å². The lowest BCUT2D eigenvalue weighted by Gasteiger charge is -2.23. The van der Waals surface area contributed by atoms with E-state index in [1.165, 1.54) is 17.4 Å². The number of hydrogen-bond acceptors (Lipinski definition) is 5. The van der Waals surface area contributed by atoms with Gasteiger partial charge in [-0.2, -0.15) is 4.72 Å². The number of fused-ring (bicyclic) bond motifs is 1. The average Bonchev–Trinajstić information content (AvgIpc) is 3.19. The molecule has 6 nitrogen and oxygen atoms in total. The van der Waals surface area contributed by atoms with Crippen LogP contribution in [0.5, 0.6) is 0 Å². The Morgan fingerprint density at radius 2 is 1.96 bits per heavy atom. The first kappa shape index (κ1) is 19.3. The molecule has 0 aliphatic heterocycles. The zero-order chi connectivity index (χ0) is 18.9. The highest BCUT2D eigenvalue weighted by Gasteiger charge is 2.30. The lowest BCUT2D eigenvalue weighted by Crippen LogP contribution is -2.51. The molecule has 1 aliphatic rings. The van der Waals surface area contributed by atoms with Crippen molar-refractivity contribution in [2.24, 2.45) is 5.92 Å². The second kappa shape index (κ2) is 7.62. The molecule has 142 valence electrons. The van der Waals surface area contributed by atoms with Crippen LogP contribution in [0.25, 0.3) is 10.2 Å². The van der Waals surface area contributed by atoms with Crippen LogP contribution < -0.4 is 10.0 Å². The standard InChI is InChI=1S/C18H25N3O3S2/c1-11(2)17(18(22)20-13-6-4-5-7-13)21-26(23,24)14-8-9-15-16(10-14)25-12(3)19-15/h8-11,13,17,21H,4-7H2,1-3H3,(H,20,22)/t17-/m1/s1. The molecule has 1 fully saturated rings. The molecule has 1 aliphatic carbocycles. The molecule has 1 atom stereocenters. The molecule has 0 bridgehead atoms. The number of amides is 1. The second-order valence-corrected chi connectivity index (χ2v) is 10.1. The molecule has 8 heteroatoms. The van der Waals surface area contributed by atoms with Gasteiger partial charge in [-0.1, -0.05) is 26.7 Å². The third kappa shape index (κ3) is 4.24. The van der Waals surface area contributed by atoms with Crippen molar-refractivity contribution in [3.63, 3.8) is 0 Å². The van der Waals surface area contributed by atoms with Crippen LogP contribution in [0.2, 0.25) is 0 Å². The van der Waals surface area contributed by atoms with Crippen LogP contribution in [0.1, 0.15) is 44.5 Å². The number of benzene rings is 1. The summed E-state index contributed by atoms with van der Waals surface area (Å²) in [4.78, 5) is 17.1. The number of nitrogens with one attached hydrogen (secondary N) is 2. The molecule has 0 spiro atoms. The van der Waals surface area contributed by atoms with E-state index < -0.39 is 16.1 Å². The third-order valence-electron chi connectivity index (χ3n) is 4.71. The molecule has 1 heterocycles. The maximum Gasteiger partial charge on any atom is 0.241 e. The van der Waals surface area contributed by atoms with E-state index in [4.69, 9.17) is 0 Å². The number of hydrogen-bond donors (Lipinski definition) is 2. The lowest BCUT2D eigenvalue weighted by atomic mass is 10.0. The monoisotopic (exact) mass is 395 g/mol. The molecule has 1 aromatic heterocycles. The largest absolute Gasteiger partial charge is 0.352 e. The Hall–Kier alpha value is -1.51. The first-order chi connectivity index (χ1) is 12.3. The van der Waals surface area contributed by atoms with Crippen molar-refractivity contribution in [2.75, 3.05) is 0 Å². The van der Waals surface area contributed by atoms with Gasteiger partial charge in [0, 0.05) is 6.04 Å². The third-order valence-corrected chi connectivity index (χ3v) is 7.08. The Morgan fingerprint density at radius 1 is 1.27 bits per heavy atom. The minimum atomic E-state index is -3.80. The fourth-order valence-electron chi connectivity index (χ4n) is 3.28.